The van der Waals surface area contributed by atoms with Crippen LogP contribution in [0.2, 0.25) is 0 Å². The third-order valence-corrected chi connectivity index (χ3v) is 2.26. The molecule has 16 heavy (non-hydrogen) atoms. The van der Waals surface area contributed by atoms with E-state index in [0.29, 0.717) is 29.8 Å². The summed E-state index contributed by atoms with van der Waals surface area (Å²) in [7, 11) is 3.15. The Hall–Kier alpha value is -1.55. The molecule has 1 rings (SSSR count). The smallest absolute Gasteiger partial charge is 0.122 e. The molecule has 2 N–H and O–H groups in total. The van der Waals surface area contributed by atoms with E-state index in [-0.39, 0.29) is 6.54 Å². The van der Waals surface area contributed by atoms with E-state index < -0.39 is 0 Å². The first kappa shape index (κ1) is 12.5. The maximum Gasteiger partial charge on any atom is 0.122 e. The molecule has 0 heterocycles. The first-order chi connectivity index (χ1) is 7.73. The molecule has 0 radical (unpaired) electrons. The number of hydrogen-bond acceptors (Lipinski definition) is 3. The third-order valence-electron chi connectivity index (χ3n) is 2.26. The largest absolute Gasteiger partial charge is 0.497 e. The lowest BCUT2D eigenvalue weighted by Gasteiger charge is -2.09. The zero-order valence-corrected chi connectivity index (χ0v) is 9.50. The minimum Gasteiger partial charge on any atom is -0.497 e. The summed E-state index contributed by atoms with van der Waals surface area (Å²) in [5, 5.41) is 0. The molecular weight excluding hydrogens is 209 g/mol. The number of hydrogen-bond donors (Lipinski definition) is 1. The number of nitrogens with two attached hydrogens (primary N) is 1. The molecule has 0 saturated heterocycles. The van der Waals surface area contributed by atoms with Gasteiger partial charge in [0.1, 0.15) is 11.5 Å². The van der Waals surface area contributed by atoms with Crippen LogP contribution in [0.5, 0.6) is 11.5 Å². The van der Waals surface area contributed by atoms with Gasteiger partial charge in [-0.25, -0.2) is 4.39 Å². The first-order valence-corrected chi connectivity index (χ1v) is 4.93. The highest BCUT2D eigenvalue weighted by molar-refractivity contribution is 5.40. The molecule has 0 fully saturated rings. The van der Waals surface area contributed by atoms with E-state index in [9.17, 15) is 4.39 Å². The van der Waals surface area contributed by atoms with E-state index in [0.717, 1.165) is 5.56 Å². The van der Waals surface area contributed by atoms with E-state index in [4.69, 9.17) is 15.2 Å². The van der Waals surface area contributed by atoms with E-state index in [1.165, 1.54) is 0 Å². The number of rotatable bonds is 5. The summed E-state index contributed by atoms with van der Waals surface area (Å²) in [4.78, 5) is 0. The van der Waals surface area contributed by atoms with Gasteiger partial charge < -0.3 is 15.2 Å². The summed E-state index contributed by atoms with van der Waals surface area (Å²) in [6, 6.07) is 5.44. The highest BCUT2D eigenvalue weighted by Gasteiger charge is 2.04. The molecule has 0 aliphatic rings. The van der Waals surface area contributed by atoms with Crippen LogP contribution in [0.3, 0.4) is 0 Å². The van der Waals surface area contributed by atoms with Crippen LogP contribution < -0.4 is 15.2 Å². The third kappa shape index (κ3) is 3.24. The summed E-state index contributed by atoms with van der Waals surface area (Å²) < 4.78 is 22.6. The summed E-state index contributed by atoms with van der Waals surface area (Å²) >= 11 is 0. The summed E-state index contributed by atoms with van der Waals surface area (Å²) in [5.41, 5.74) is 6.85. The minimum atomic E-state index is 0.204. The van der Waals surface area contributed by atoms with Crippen LogP contribution in [0.1, 0.15) is 5.56 Å². The van der Waals surface area contributed by atoms with Crippen molar-refractivity contribution in [3.05, 3.63) is 35.7 Å². The van der Waals surface area contributed by atoms with Gasteiger partial charge >= 0.3 is 0 Å². The van der Waals surface area contributed by atoms with Crippen LogP contribution >= 0.6 is 0 Å². The molecule has 1 aromatic carbocycles. The highest BCUT2D eigenvalue weighted by atomic mass is 19.1. The monoisotopic (exact) mass is 225 g/mol. The lowest BCUT2D eigenvalue weighted by Crippen LogP contribution is -2.05. The van der Waals surface area contributed by atoms with Crippen molar-refractivity contribution in [2.75, 3.05) is 20.8 Å². The van der Waals surface area contributed by atoms with E-state index in [1.54, 1.807) is 20.3 Å². The Labute approximate surface area is 94.7 Å². The van der Waals surface area contributed by atoms with Crippen molar-refractivity contribution >= 4 is 0 Å². The number of ether oxygens (including phenoxy) is 2. The van der Waals surface area contributed by atoms with Crippen molar-refractivity contribution < 1.29 is 13.9 Å². The average molecular weight is 225 g/mol. The van der Waals surface area contributed by atoms with E-state index in [1.807, 2.05) is 12.1 Å². The minimum absolute atomic E-state index is 0.204. The second kappa shape index (κ2) is 6.12. The fourth-order valence-electron chi connectivity index (χ4n) is 1.39. The second-order valence-electron chi connectivity index (χ2n) is 3.37. The Kier molecular flexibility index (Phi) is 4.79. The van der Waals surface area contributed by atoms with Crippen molar-refractivity contribution in [1.29, 1.82) is 0 Å². The fourth-order valence-corrected chi connectivity index (χ4v) is 1.39. The Morgan fingerprint density at radius 1 is 1.25 bits per heavy atom. The van der Waals surface area contributed by atoms with Crippen molar-refractivity contribution in [2.45, 2.75) is 6.42 Å². The Balaban J connectivity index is 2.94. The first-order valence-electron chi connectivity index (χ1n) is 4.93. The standard InChI is InChI=1S/C12H16FNO2/c1-15-11-4-9(3-10(7-13)8-14)5-12(6-11)16-2/h4-7H,3,8,14H2,1-2H3/b10-7+. The molecule has 88 valence electrons. The second-order valence-corrected chi connectivity index (χ2v) is 3.37. The predicted octanol–water partition coefficient (Wildman–Crippen LogP) is 2.06. The van der Waals surface area contributed by atoms with Gasteiger partial charge in [-0.05, 0) is 29.7 Å². The molecule has 4 heteroatoms. The van der Waals surface area contributed by atoms with E-state index >= 15 is 0 Å². The van der Waals surface area contributed by atoms with Gasteiger partial charge in [-0.1, -0.05) is 0 Å². The zero-order valence-electron chi connectivity index (χ0n) is 9.50. The van der Waals surface area contributed by atoms with Crippen LogP contribution in [0.25, 0.3) is 0 Å². The van der Waals surface area contributed by atoms with Crippen molar-refractivity contribution in [3.63, 3.8) is 0 Å². The maximum absolute atomic E-state index is 12.4. The lowest BCUT2D eigenvalue weighted by molar-refractivity contribution is 0.393. The number of halogens is 1. The molecule has 1 aromatic rings. The molecule has 0 spiro atoms. The Morgan fingerprint density at radius 3 is 2.19 bits per heavy atom. The molecule has 0 aliphatic heterocycles. The van der Waals surface area contributed by atoms with Gasteiger partial charge in [-0.15, -0.1) is 0 Å². The number of benzene rings is 1. The van der Waals surface area contributed by atoms with Gasteiger partial charge in [0.25, 0.3) is 0 Å². The van der Waals surface area contributed by atoms with Gasteiger partial charge in [0.05, 0.1) is 20.5 Å². The lowest BCUT2D eigenvalue weighted by atomic mass is 10.1. The van der Waals surface area contributed by atoms with Crippen LogP contribution in [0.15, 0.2) is 30.1 Å². The summed E-state index contributed by atoms with van der Waals surface area (Å²) in [6.07, 6.45) is 1.01. The van der Waals surface area contributed by atoms with Crippen LogP contribution in [-0.2, 0) is 6.42 Å². The molecule has 0 bridgehead atoms. The molecule has 0 saturated carbocycles. The summed E-state index contributed by atoms with van der Waals surface area (Å²) in [6.45, 7) is 0.204. The molecule has 3 nitrogen and oxygen atoms in total. The van der Waals surface area contributed by atoms with Crippen LogP contribution in [0, 0.1) is 0 Å². The fraction of sp³-hybridized carbons (Fsp3) is 0.333. The van der Waals surface area contributed by atoms with E-state index in [2.05, 4.69) is 0 Å². The molecular formula is C12H16FNO2. The molecule has 0 aliphatic carbocycles. The maximum atomic E-state index is 12.4. The molecule has 0 aromatic heterocycles. The Bertz CT molecular complexity index is 355. The average Bonchev–Trinajstić information content (AvgIpc) is 2.35. The van der Waals surface area contributed by atoms with Gasteiger partial charge in [0, 0.05) is 12.6 Å². The van der Waals surface area contributed by atoms with Gasteiger partial charge in [-0.2, -0.15) is 0 Å². The summed E-state index contributed by atoms with van der Waals surface area (Å²) in [5.74, 6) is 1.37. The Morgan fingerprint density at radius 2 is 1.81 bits per heavy atom. The predicted molar refractivity (Wildman–Crippen MR) is 61.5 cm³/mol. The molecule has 0 unspecified atom stereocenters. The number of methoxy groups -OCH3 is 2. The van der Waals surface area contributed by atoms with Crippen LogP contribution in [0.4, 0.5) is 4.39 Å². The van der Waals surface area contributed by atoms with Crippen molar-refractivity contribution in [3.8, 4) is 11.5 Å². The zero-order chi connectivity index (χ0) is 12.0. The van der Waals surface area contributed by atoms with Crippen molar-refractivity contribution in [2.24, 2.45) is 5.73 Å². The normalized spacial score (nSPS) is 11.4. The van der Waals surface area contributed by atoms with Gasteiger partial charge in [0.2, 0.25) is 0 Å². The van der Waals surface area contributed by atoms with Gasteiger partial charge in [0.15, 0.2) is 0 Å². The molecule has 0 amide bonds. The quantitative estimate of drug-likeness (QED) is 0.834. The SMILES string of the molecule is COc1cc(C/C(=C\F)CN)cc(OC)c1. The van der Waals surface area contributed by atoms with Gasteiger partial charge in [-0.3, -0.25) is 0 Å². The topological polar surface area (TPSA) is 44.5 Å². The van der Waals surface area contributed by atoms with Crippen LogP contribution in [-0.4, -0.2) is 20.8 Å². The van der Waals surface area contributed by atoms with Crippen molar-refractivity contribution in [1.82, 2.24) is 0 Å². The highest BCUT2D eigenvalue weighted by Crippen LogP contribution is 2.23. The molecule has 0 atom stereocenters.